The molecule has 1 aromatic carbocycles. The van der Waals surface area contributed by atoms with Crippen molar-refractivity contribution >= 4 is 56.1 Å². The molecule has 7 heteroatoms. The van der Waals surface area contributed by atoms with E-state index in [-0.39, 0.29) is 6.03 Å². The average molecular weight is 364 g/mol. The fourth-order valence-corrected chi connectivity index (χ4v) is 3.98. The van der Waals surface area contributed by atoms with Crippen LogP contribution in [0.15, 0.2) is 42.6 Å². The Morgan fingerprint density at radius 1 is 1.23 bits per heavy atom. The minimum Gasteiger partial charge on any atom is -0.354 e. The summed E-state index contributed by atoms with van der Waals surface area (Å²) in [7, 11) is 1.62. The van der Waals surface area contributed by atoms with E-state index in [1.165, 1.54) is 11.3 Å². The quantitative estimate of drug-likeness (QED) is 0.531. The molecule has 1 amide bonds. The van der Waals surface area contributed by atoms with Gasteiger partial charge in [-0.3, -0.25) is 14.3 Å². The number of aryl methyl sites for hydroxylation is 1. The van der Waals surface area contributed by atoms with Crippen molar-refractivity contribution in [1.29, 1.82) is 0 Å². The number of anilines is 2. The van der Waals surface area contributed by atoms with Gasteiger partial charge in [0.2, 0.25) is 0 Å². The Labute approximate surface area is 153 Å². The highest BCUT2D eigenvalue weighted by Crippen LogP contribution is 2.32. The summed E-state index contributed by atoms with van der Waals surface area (Å²) in [6.45, 7) is 1.90. The van der Waals surface area contributed by atoms with Gasteiger partial charge in [0.05, 0.1) is 26.3 Å². The predicted octanol–water partition coefficient (Wildman–Crippen LogP) is 4.30. The first-order valence-electron chi connectivity index (χ1n) is 8.05. The van der Waals surface area contributed by atoms with Gasteiger partial charge < -0.3 is 10.6 Å². The first-order valence-corrected chi connectivity index (χ1v) is 8.87. The second-order valence-electron chi connectivity index (χ2n) is 5.91. The lowest BCUT2D eigenvalue weighted by atomic mass is 10.2. The molecule has 3 aromatic heterocycles. The molecule has 0 saturated carbocycles. The largest absolute Gasteiger partial charge is 0.354 e. The third-order valence-corrected chi connectivity index (χ3v) is 5.31. The monoisotopic (exact) mass is 364 g/mol. The lowest BCUT2D eigenvalue weighted by Crippen LogP contribution is -2.25. The van der Waals surface area contributed by atoms with Crippen LogP contribution in [0, 0.1) is 6.92 Å². The molecule has 0 saturated heterocycles. The zero-order valence-electron chi connectivity index (χ0n) is 14.2. The van der Waals surface area contributed by atoms with E-state index < -0.39 is 0 Å². The van der Waals surface area contributed by atoms with E-state index in [9.17, 15) is 9.59 Å². The van der Waals surface area contributed by atoms with E-state index in [0.717, 1.165) is 44.5 Å². The standard InChI is InChI=1S/C19H16N4O2S/c1-11-7-12-8-13(3-4-17(12)23(11)19(25)20-2)22-15-5-6-21-16-9-14(10-24)26-18(15)16/h3-10H,1-2H3,(H,20,25)(H,21,22). The zero-order valence-corrected chi connectivity index (χ0v) is 15.1. The van der Waals surface area contributed by atoms with Gasteiger partial charge >= 0.3 is 6.03 Å². The van der Waals surface area contributed by atoms with Crippen molar-refractivity contribution in [3.8, 4) is 0 Å². The number of hydrogen-bond acceptors (Lipinski definition) is 5. The number of benzene rings is 1. The number of aromatic nitrogens is 2. The van der Waals surface area contributed by atoms with Gasteiger partial charge in [-0.2, -0.15) is 0 Å². The van der Waals surface area contributed by atoms with Crippen LogP contribution in [0.25, 0.3) is 21.1 Å². The second kappa shape index (κ2) is 6.27. The summed E-state index contributed by atoms with van der Waals surface area (Å²) in [4.78, 5) is 28.1. The van der Waals surface area contributed by atoms with Crippen molar-refractivity contribution in [2.45, 2.75) is 6.92 Å². The molecule has 0 unspecified atom stereocenters. The number of aldehydes is 1. The molecule has 2 N–H and O–H groups in total. The minimum atomic E-state index is -0.158. The normalized spacial score (nSPS) is 11.0. The van der Waals surface area contributed by atoms with Crippen molar-refractivity contribution in [1.82, 2.24) is 14.9 Å². The summed E-state index contributed by atoms with van der Waals surface area (Å²) < 4.78 is 2.59. The Balaban J connectivity index is 1.75. The molecule has 0 spiro atoms. The number of rotatable bonds is 3. The van der Waals surface area contributed by atoms with Crippen LogP contribution in [-0.4, -0.2) is 28.9 Å². The van der Waals surface area contributed by atoms with Crippen molar-refractivity contribution in [3.63, 3.8) is 0 Å². The molecular formula is C19H16N4O2S. The Morgan fingerprint density at radius 2 is 2.08 bits per heavy atom. The van der Waals surface area contributed by atoms with E-state index in [1.807, 2.05) is 37.3 Å². The van der Waals surface area contributed by atoms with Crippen LogP contribution in [0.2, 0.25) is 0 Å². The molecule has 3 heterocycles. The van der Waals surface area contributed by atoms with Gasteiger partial charge in [0.25, 0.3) is 0 Å². The minimum absolute atomic E-state index is 0.158. The third-order valence-electron chi connectivity index (χ3n) is 4.23. The SMILES string of the molecule is CNC(=O)n1c(C)cc2cc(Nc3ccnc4cc(C=O)sc34)ccc21. The Morgan fingerprint density at radius 3 is 2.85 bits per heavy atom. The van der Waals surface area contributed by atoms with Crippen molar-refractivity contribution in [2.75, 3.05) is 12.4 Å². The van der Waals surface area contributed by atoms with E-state index in [4.69, 9.17) is 0 Å². The van der Waals surface area contributed by atoms with Crippen LogP contribution in [-0.2, 0) is 0 Å². The summed E-state index contributed by atoms with van der Waals surface area (Å²) in [5, 5.41) is 7.02. The van der Waals surface area contributed by atoms with Crippen molar-refractivity contribution in [3.05, 3.63) is 53.2 Å². The second-order valence-corrected chi connectivity index (χ2v) is 7.00. The van der Waals surface area contributed by atoms with E-state index in [2.05, 4.69) is 15.6 Å². The number of thiophene rings is 1. The Kier molecular flexibility index (Phi) is 3.93. The van der Waals surface area contributed by atoms with Gasteiger partial charge in [-0.15, -0.1) is 11.3 Å². The molecule has 4 aromatic rings. The summed E-state index contributed by atoms with van der Waals surface area (Å²) in [5.41, 5.74) is 4.32. The smallest absolute Gasteiger partial charge is 0.325 e. The lowest BCUT2D eigenvalue weighted by Gasteiger charge is -2.09. The molecule has 0 fully saturated rings. The molecule has 6 nitrogen and oxygen atoms in total. The molecule has 0 atom stereocenters. The van der Waals surface area contributed by atoms with Crippen LogP contribution in [0.3, 0.4) is 0 Å². The number of fused-ring (bicyclic) bond motifs is 2. The first-order chi connectivity index (χ1) is 12.6. The zero-order chi connectivity index (χ0) is 18.3. The molecular weight excluding hydrogens is 348 g/mol. The molecule has 0 aliphatic carbocycles. The van der Waals surface area contributed by atoms with Crippen LogP contribution in [0.5, 0.6) is 0 Å². The predicted molar refractivity (Wildman–Crippen MR) is 105 cm³/mol. The number of nitrogens with one attached hydrogen (secondary N) is 2. The number of pyridine rings is 1. The first kappa shape index (κ1) is 16.3. The van der Waals surface area contributed by atoms with Gasteiger partial charge in [-0.25, -0.2) is 4.79 Å². The molecule has 4 rings (SSSR count). The number of carbonyl (C=O) groups is 2. The highest BCUT2D eigenvalue weighted by molar-refractivity contribution is 7.21. The van der Waals surface area contributed by atoms with E-state index >= 15 is 0 Å². The molecule has 0 radical (unpaired) electrons. The highest BCUT2D eigenvalue weighted by Gasteiger charge is 2.12. The van der Waals surface area contributed by atoms with E-state index in [1.54, 1.807) is 23.9 Å². The lowest BCUT2D eigenvalue weighted by molar-refractivity contribution is 0.112. The maximum absolute atomic E-state index is 12.1. The van der Waals surface area contributed by atoms with Gasteiger partial charge in [-0.05, 0) is 43.3 Å². The van der Waals surface area contributed by atoms with Crippen LogP contribution in [0.4, 0.5) is 16.2 Å². The van der Waals surface area contributed by atoms with Crippen molar-refractivity contribution in [2.24, 2.45) is 0 Å². The van der Waals surface area contributed by atoms with Gasteiger partial charge in [0.15, 0.2) is 6.29 Å². The number of hydrogen-bond donors (Lipinski definition) is 2. The van der Waals surface area contributed by atoms with Crippen molar-refractivity contribution < 1.29 is 9.59 Å². The van der Waals surface area contributed by atoms with Crippen LogP contribution < -0.4 is 10.6 Å². The highest BCUT2D eigenvalue weighted by atomic mass is 32.1. The van der Waals surface area contributed by atoms with Gasteiger partial charge in [-0.1, -0.05) is 0 Å². The Bertz CT molecular complexity index is 1160. The third kappa shape index (κ3) is 2.62. The average Bonchev–Trinajstić information content (AvgIpc) is 3.21. The maximum Gasteiger partial charge on any atom is 0.325 e. The fraction of sp³-hybridized carbons (Fsp3) is 0.105. The van der Waals surface area contributed by atoms with Gasteiger partial charge in [0, 0.05) is 30.0 Å². The molecule has 0 aliphatic heterocycles. The number of nitrogens with zero attached hydrogens (tertiary/aromatic N) is 2. The van der Waals surface area contributed by atoms with Gasteiger partial charge in [0.1, 0.15) is 0 Å². The maximum atomic E-state index is 12.1. The number of amides is 1. The molecule has 0 aliphatic rings. The molecule has 130 valence electrons. The fourth-order valence-electron chi connectivity index (χ4n) is 3.08. The molecule has 0 bridgehead atoms. The van der Waals surface area contributed by atoms with Crippen LogP contribution >= 0.6 is 11.3 Å². The topological polar surface area (TPSA) is 76.0 Å². The van der Waals surface area contributed by atoms with Crippen LogP contribution in [0.1, 0.15) is 15.4 Å². The summed E-state index contributed by atoms with van der Waals surface area (Å²) >= 11 is 1.41. The van der Waals surface area contributed by atoms with E-state index in [0.29, 0.717) is 4.88 Å². The molecule has 26 heavy (non-hydrogen) atoms. The summed E-state index contributed by atoms with van der Waals surface area (Å²) in [6.07, 6.45) is 2.56. The number of carbonyl (C=O) groups excluding carboxylic acids is 2. The Hall–Kier alpha value is -3.19. The summed E-state index contributed by atoms with van der Waals surface area (Å²) in [5.74, 6) is 0. The summed E-state index contributed by atoms with van der Waals surface area (Å²) in [6, 6.07) is 11.3.